The molecule has 0 aliphatic carbocycles. The van der Waals surface area contributed by atoms with Crippen molar-refractivity contribution in [1.29, 1.82) is 0 Å². The van der Waals surface area contributed by atoms with Crippen LogP contribution in [0, 0.1) is 6.04 Å². The second-order valence-electron chi connectivity index (χ2n) is 2.59. The minimum Gasteiger partial charge on any atom is -0.313 e. The molecule has 3 N–H and O–H groups in total. The smallest absolute Gasteiger partial charge is 0.0686 e. The molecule has 2 rings (SSSR count). The molecule has 0 aromatic heterocycles. The summed E-state index contributed by atoms with van der Waals surface area (Å²) in [6.07, 6.45) is 0. The van der Waals surface area contributed by atoms with Gasteiger partial charge in [-0.1, -0.05) is 0 Å². The molecule has 2 aliphatic rings. The lowest BCUT2D eigenvalue weighted by Gasteiger charge is -2.25. The summed E-state index contributed by atoms with van der Waals surface area (Å²) in [4.78, 5) is 0. The van der Waals surface area contributed by atoms with E-state index >= 15 is 0 Å². The van der Waals surface area contributed by atoms with Crippen LogP contribution in [-0.4, -0.2) is 32.2 Å². The molecule has 0 saturated carbocycles. The Hall–Kier alpha value is -0.120. The molecule has 2 saturated heterocycles. The molecular weight excluding hydrogens is 114 g/mol. The van der Waals surface area contributed by atoms with Gasteiger partial charge in [-0.3, -0.25) is 0 Å². The van der Waals surface area contributed by atoms with Gasteiger partial charge < -0.3 is 16.0 Å². The topological polar surface area (TPSA) is 36.1 Å². The summed E-state index contributed by atoms with van der Waals surface area (Å²) in [6.45, 7) is 4.35. The first kappa shape index (κ1) is 5.65. The van der Waals surface area contributed by atoms with Crippen LogP contribution < -0.4 is 16.0 Å². The Morgan fingerprint density at radius 2 is 2.33 bits per heavy atom. The molecule has 51 valence electrons. The van der Waals surface area contributed by atoms with Crippen LogP contribution in [0.4, 0.5) is 0 Å². The fraction of sp³-hybridized carbons (Fsp3) is 0.833. The molecule has 1 unspecified atom stereocenters. The van der Waals surface area contributed by atoms with Gasteiger partial charge in [0.05, 0.1) is 6.04 Å². The van der Waals surface area contributed by atoms with Crippen LogP contribution in [0.25, 0.3) is 0 Å². The van der Waals surface area contributed by atoms with Gasteiger partial charge in [-0.15, -0.1) is 0 Å². The number of hydrogen-bond donors (Lipinski definition) is 3. The molecule has 2 heterocycles. The highest BCUT2D eigenvalue weighted by Gasteiger charge is 2.28. The van der Waals surface area contributed by atoms with Crippen LogP contribution in [0.15, 0.2) is 0 Å². The molecule has 0 bridgehead atoms. The van der Waals surface area contributed by atoms with Crippen LogP contribution in [0.3, 0.4) is 0 Å². The second-order valence-corrected chi connectivity index (χ2v) is 2.59. The van der Waals surface area contributed by atoms with Gasteiger partial charge >= 0.3 is 0 Å². The van der Waals surface area contributed by atoms with E-state index in [1.165, 1.54) is 6.04 Å². The van der Waals surface area contributed by atoms with Crippen LogP contribution in [0.1, 0.15) is 0 Å². The van der Waals surface area contributed by atoms with Crippen molar-refractivity contribution < 1.29 is 0 Å². The molecule has 0 aromatic carbocycles. The van der Waals surface area contributed by atoms with E-state index in [0.29, 0.717) is 6.04 Å². The van der Waals surface area contributed by atoms with Crippen LogP contribution in [-0.2, 0) is 0 Å². The van der Waals surface area contributed by atoms with Crippen molar-refractivity contribution in [3.05, 3.63) is 6.04 Å². The Bertz CT molecular complexity index is 92.5. The molecule has 2 aliphatic heterocycles. The summed E-state index contributed by atoms with van der Waals surface area (Å²) in [5.41, 5.74) is 0. The van der Waals surface area contributed by atoms with Crippen LogP contribution in [0.5, 0.6) is 0 Å². The Morgan fingerprint density at radius 3 is 3.22 bits per heavy atom. The Kier molecular flexibility index (Phi) is 1.41. The first-order valence-electron chi connectivity index (χ1n) is 3.50. The average Bonchev–Trinajstić information content (AvgIpc) is 2.33. The first-order chi connectivity index (χ1) is 4.47. The maximum absolute atomic E-state index is 3.42. The lowest BCUT2D eigenvalue weighted by atomic mass is 10.1. The predicted octanol–water partition coefficient (Wildman–Crippen LogP) is -1.32. The summed E-state index contributed by atoms with van der Waals surface area (Å²) in [6, 6.07) is 2.06. The van der Waals surface area contributed by atoms with E-state index in [4.69, 9.17) is 0 Å². The quantitative estimate of drug-likeness (QED) is 0.377. The van der Waals surface area contributed by atoms with Crippen molar-refractivity contribution in [2.45, 2.75) is 6.04 Å². The lowest BCUT2D eigenvalue weighted by molar-refractivity contribution is 0.459. The molecule has 1 atom stereocenters. The van der Waals surface area contributed by atoms with Gasteiger partial charge in [0.15, 0.2) is 0 Å². The van der Waals surface area contributed by atoms with E-state index in [0.717, 1.165) is 26.2 Å². The zero-order valence-electron chi connectivity index (χ0n) is 5.41. The fourth-order valence-corrected chi connectivity index (χ4v) is 1.45. The molecule has 0 amide bonds. The van der Waals surface area contributed by atoms with Crippen molar-refractivity contribution in [1.82, 2.24) is 16.0 Å². The number of fused-ring (bicyclic) bond motifs is 1. The second kappa shape index (κ2) is 2.25. The van der Waals surface area contributed by atoms with Gasteiger partial charge in [-0.05, 0) is 0 Å². The maximum atomic E-state index is 3.42. The molecule has 3 heteroatoms. The molecule has 2 fully saturated rings. The zero-order chi connectivity index (χ0) is 6.10. The molecule has 0 aromatic rings. The summed E-state index contributed by atoms with van der Waals surface area (Å²) in [5, 5.41) is 10.1. The third-order valence-corrected chi connectivity index (χ3v) is 1.95. The summed E-state index contributed by atoms with van der Waals surface area (Å²) >= 11 is 0. The summed E-state index contributed by atoms with van der Waals surface area (Å²) in [5.74, 6) is 0. The minimum absolute atomic E-state index is 0.610. The number of hydrogen-bond acceptors (Lipinski definition) is 3. The highest BCUT2D eigenvalue weighted by atomic mass is 15.2. The Morgan fingerprint density at radius 1 is 1.33 bits per heavy atom. The minimum atomic E-state index is 0.610. The standard InChI is InChI=1S/C6H12N3/c1-2-9-6-4-7-3-5(6)8-1/h5,7-9H,1-4H2. The van der Waals surface area contributed by atoms with Crippen molar-refractivity contribution in [3.63, 3.8) is 0 Å². The van der Waals surface area contributed by atoms with E-state index in [2.05, 4.69) is 16.0 Å². The van der Waals surface area contributed by atoms with Gasteiger partial charge in [0.1, 0.15) is 0 Å². The van der Waals surface area contributed by atoms with Crippen molar-refractivity contribution in [3.8, 4) is 0 Å². The molecule has 9 heavy (non-hydrogen) atoms. The number of nitrogens with one attached hydrogen (secondary N) is 3. The summed E-state index contributed by atoms with van der Waals surface area (Å²) in [7, 11) is 0. The highest BCUT2D eigenvalue weighted by molar-refractivity contribution is 5.09. The van der Waals surface area contributed by atoms with Crippen LogP contribution >= 0.6 is 0 Å². The van der Waals surface area contributed by atoms with Gasteiger partial charge in [0, 0.05) is 32.2 Å². The largest absolute Gasteiger partial charge is 0.313 e. The van der Waals surface area contributed by atoms with E-state index < -0.39 is 0 Å². The van der Waals surface area contributed by atoms with Crippen molar-refractivity contribution in [2.75, 3.05) is 26.2 Å². The van der Waals surface area contributed by atoms with E-state index in [1.54, 1.807) is 0 Å². The van der Waals surface area contributed by atoms with Gasteiger partial charge in [-0.2, -0.15) is 0 Å². The number of piperazine rings is 1. The third kappa shape index (κ3) is 0.956. The van der Waals surface area contributed by atoms with E-state index in [1.807, 2.05) is 0 Å². The van der Waals surface area contributed by atoms with Gasteiger partial charge in [0.25, 0.3) is 0 Å². The average molecular weight is 126 g/mol. The summed E-state index contributed by atoms with van der Waals surface area (Å²) < 4.78 is 0. The molecule has 0 spiro atoms. The normalized spacial score (nSPS) is 36.7. The third-order valence-electron chi connectivity index (χ3n) is 1.95. The Labute approximate surface area is 55.2 Å². The predicted molar refractivity (Wildman–Crippen MR) is 35.9 cm³/mol. The molecular formula is C6H12N3. The Balaban J connectivity index is 1.97. The SMILES string of the molecule is C1CNC2CNC[C]2N1. The first-order valence-corrected chi connectivity index (χ1v) is 3.50. The van der Waals surface area contributed by atoms with Gasteiger partial charge in [-0.25, -0.2) is 0 Å². The molecule has 1 radical (unpaired) electrons. The zero-order valence-corrected chi connectivity index (χ0v) is 5.41. The monoisotopic (exact) mass is 126 g/mol. The van der Waals surface area contributed by atoms with Crippen LogP contribution in [0.2, 0.25) is 0 Å². The molecule has 3 nitrogen and oxygen atoms in total. The maximum Gasteiger partial charge on any atom is 0.0686 e. The lowest BCUT2D eigenvalue weighted by Crippen LogP contribution is -2.49. The number of rotatable bonds is 0. The fourth-order valence-electron chi connectivity index (χ4n) is 1.45. The van der Waals surface area contributed by atoms with Gasteiger partial charge in [0.2, 0.25) is 0 Å². The van der Waals surface area contributed by atoms with Crippen molar-refractivity contribution in [2.24, 2.45) is 0 Å². The highest BCUT2D eigenvalue weighted by Crippen LogP contribution is 2.09. The van der Waals surface area contributed by atoms with E-state index in [9.17, 15) is 0 Å². The van der Waals surface area contributed by atoms with E-state index in [-0.39, 0.29) is 0 Å². The van der Waals surface area contributed by atoms with Crippen molar-refractivity contribution >= 4 is 0 Å².